The number of benzene rings is 1. The Morgan fingerprint density at radius 2 is 1.70 bits per heavy atom. The smallest absolute Gasteiger partial charge is 0.0661 e. The van der Waals surface area contributed by atoms with E-state index in [1.807, 2.05) is 0 Å². The molecule has 0 aliphatic carbocycles. The Hall–Kier alpha value is -0.860. The Labute approximate surface area is 124 Å². The molecular formula is C18H31NO. The van der Waals surface area contributed by atoms with Gasteiger partial charge in [0, 0.05) is 6.61 Å². The summed E-state index contributed by atoms with van der Waals surface area (Å²) in [7, 11) is 0. The highest BCUT2D eigenvalue weighted by Gasteiger charge is 2.11. The summed E-state index contributed by atoms with van der Waals surface area (Å²) in [4.78, 5) is 0. The summed E-state index contributed by atoms with van der Waals surface area (Å²) in [6.45, 7) is 11.3. The number of aryl methyl sites for hydroxylation is 2. The summed E-state index contributed by atoms with van der Waals surface area (Å²) in [5.41, 5.74) is 4.00. The first kappa shape index (κ1) is 17.2. The number of hydrogen-bond acceptors (Lipinski definition) is 2. The van der Waals surface area contributed by atoms with Crippen LogP contribution in [-0.2, 0) is 4.74 Å². The first-order valence-corrected chi connectivity index (χ1v) is 8.06. The van der Waals surface area contributed by atoms with E-state index in [0.29, 0.717) is 6.04 Å². The van der Waals surface area contributed by atoms with E-state index in [1.165, 1.54) is 42.4 Å². The van der Waals surface area contributed by atoms with Crippen LogP contribution < -0.4 is 5.32 Å². The third-order valence-corrected chi connectivity index (χ3v) is 3.52. The van der Waals surface area contributed by atoms with Crippen LogP contribution in [0, 0.1) is 13.8 Å². The maximum Gasteiger partial charge on any atom is 0.0661 e. The van der Waals surface area contributed by atoms with Crippen molar-refractivity contribution in [1.29, 1.82) is 0 Å². The van der Waals surface area contributed by atoms with Crippen molar-refractivity contribution in [2.75, 3.05) is 19.8 Å². The van der Waals surface area contributed by atoms with Crippen LogP contribution in [0.1, 0.15) is 62.3 Å². The van der Waals surface area contributed by atoms with E-state index in [4.69, 9.17) is 4.74 Å². The molecule has 20 heavy (non-hydrogen) atoms. The minimum atomic E-state index is 0.310. The second kappa shape index (κ2) is 9.95. The minimum absolute atomic E-state index is 0.310. The number of rotatable bonds is 10. The van der Waals surface area contributed by atoms with Crippen LogP contribution in [0.4, 0.5) is 0 Å². The van der Waals surface area contributed by atoms with Gasteiger partial charge < -0.3 is 10.1 Å². The van der Waals surface area contributed by atoms with Gasteiger partial charge in [0.15, 0.2) is 0 Å². The largest absolute Gasteiger partial charge is 0.379 e. The average molecular weight is 277 g/mol. The van der Waals surface area contributed by atoms with Crippen molar-refractivity contribution in [2.24, 2.45) is 0 Å². The van der Waals surface area contributed by atoms with Crippen LogP contribution in [0.5, 0.6) is 0 Å². The van der Waals surface area contributed by atoms with Crippen molar-refractivity contribution >= 4 is 0 Å². The number of nitrogens with one attached hydrogen (secondary N) is 1. The number of hydrogen-bond donors (Lipinski definition) is 1. The molecule has 0 aliphatic heterocycles. The van der Waals surface area contributed by atoms with Crippen molar-refractivity contribution in [3.63, 3.8) is 0 Å². The van der Waals surface area contributed by atoms with Gasteiger partial charge in [-0.3, -0.25) is 0 Å². The van der Waals surface area contributed by atoms with Gasteiger partial charge in [-0.05, 0) is 32.4 Å². The summed E-state index contributed by atoms with van der Waals surface area (Å²) < 4.78 is 5.87. The third-order valence-electron chi connectivity index (χ3n) is 3.52. The quantitative estimate of drug-likeness (QED) is 0.633. The third kappa shape index (κ3) is 6.53. The van der Waals surface area contributed by atoms with Gasteiger partial charge in [0.05, 0.1) is 12.6 Å². The molecule has 0 fully saturated rings. The van der Waals surface area contributed by atoms with Crippen molar-refractivity contribution in [2.45, 2.75) is 59.4 Å². The lowest BCUT2D eigenvalue weighted by molar-refractivity contribution is 0.108. The van der Waals surface area contributed by atoms with Crippen molar-refractivity contribution < 1.29 is 4.74 Å². The molecule has 0 aliphatic rings. The van der Waals surface area contributed by atoms with Crippen molar-refractivity contribution in [1.82, 2.24) is 5.32 Å². The molecule has 0 bridgehead atoms. The molecular weight excluding hydrogens is 246 g/mol. The van der Waals surface area contributed by atoms with E-state index in [-0.39, 0.29) is 0 Å². The fraction of sp³-hybridized carbons (Fsp3) is 0.667. The van der Waals surface area contributed by atoms with Crippen LogP contribution in [-0.4, -0.2) is 19.8 Å². The molecule has 1 aromatic rings. The predicted molar refractivity (Wildman–Crippen MR) is 87.3 cm³/mol. The average Bonchev–Trinajstić information content (AvgIpc) is 2.40. The van der Waals surface area contributed by atoms with Gasteiger partial charge in [0.2, 0.25) is 0 Å². The lowest BCUT2D eigenvalue weighted by Gasteiger charge is -2.19. The van der Waals surface area contributed by atoms with Crippen LogP contribution in [0.25, 0.3) is 0 Å². The van der Waals surface area contributed by atoms with Gasteiger partial charge in [-0.15, -0.1) is 0 Å². The summed E-state index contributed by atoms with van der Waals surface area (Å²) >= 11 is 0. The molecule has 0 aromatic heterocycles. The zero-order valence-corrected chi connectivity index (χ0v) is 13.7. The highest BCUT2D eigenvalue weighted by molar-refractivity contribution is 5.30. The Morgan fingerprint density at radius 3 is 2.30 bits per heavy atom. The molecule has 0 saturated carbocycles. The summed E-state index contributed by atoms with van der Waals surface area (Å²) in [5.74, 6) is 0. The molecule has 2 nitrogen and oxygen atoms in total. The van der Waals surface area contributed by atoms with Crippen LogP contribution >= 0.6 is 0 Å². The van der Waals surface area contributed by atoms with E-state index in [9.17, 15) is 0 Å². The first-order chi connectivity index (χ1) is 9.67. The molecule has 1 atom stereocenters. The fourth-order valence-corrected chi connectivity index (χ4v) is 2.56. The van der Waals surface area contributed by atoms with E-state index in [1.54, 1.807) is 0 Å². The van der Waals surface area contributed by atoms with Crippen LogP contribution in [0.2, 0.25) is 0 Å². The maximum absolute atomic E-state index is 5.87. The molecule has 0 spiro atoms. The van der Waals surface area contributed by atoms with Crippen molar-refractivity contribution in [3.8, 4) is 0 Å². The number of ether oxygens (including phenoxy) is 1. The Bertz CT molecular complexity index is 355. The standard InChI is InChI=1S/C18H31NO/c1-5-7-8-9-10-20-14-18(19-6-2)17-12-15(3)11-16(4)13-17/h11-13,18-19H,5-10,14H2,1-4H3. The van der Waals surface area contributed by atoms with Gasteiger partial charge in [0.1, 0.15) is 0 Å². The van der Waals surface area contributed by atoms with E-state index in [2.05, 4.69) is 51.2 Å². The molecule has 114 valence electrons. The summed E-state index contributed by atoms with van der Waals surface area (Å²) in [6.07, 6.45) is 5.06. The SMILES string of the molecule is CCCCCCOCC(NCC)c1cc(C)cc(C)c1. The van der Waals surface area contributed by atoms with Gasteiger partial charge in [-0.1, -0.05) is 62.4 Å². The van der Waals surface area contributed by atoms with Gasteiger partial charge >= 0.3 is 0 Å². The Balaban J connectivity index is 2.47. The lowest BCUT2D eigenvalue weighted by atomic mass is 10.0. The van der Waals surface area contributed by atoms with Crippen molar-refractivity contribution in [3.05, 3.63) is 34.9 Å². The molecule has 0 radical (unpaired) electrons. The molecule has 1 aromatic carbocycles. The maximum atomic E-state index is 5.87. The molecule has 1 unspecified atom stereocenters. The molecule has 1 N–H and O–H groups in total. The second-order valence-corrected chi connectivity index (χ2v) is 5.67. The molecule has 0 saturated heterocycles. The highest BCUT2D eigenvalue weighted by atomic mass is 16.5. The monoisotopic (exact) mass is 277 g/mol. The topological polar surface area (TPSA) is 21.3 Å². The molecule has 0 amide bonds. The molecule has 1 rings (SSSR count). The zero-order valence-electron chi connectivity index (χ0n) is 13.7. The zero-order chi connectivity index (χ0) is 14.8. The first-order valence-electron chi connectivity index (χ1n) is 8.06. The second-order valence-electron chi connectivity index (χ2n) is 5.67. The van der Waals surface area contributed by atoms with Gasteiger partial charge in [-0.25, -0.2) is 0 Å². The number of unbranched alkanes of at least 4 members (excludes halogenated alkanes) is 3. The lowest BCUT2D eigenvalue weighted by Crippen LogP contribution is -2.25. The van der Waals surface area contributed by atoms with E-state index in [0.717, 1.165) is 19.8 Å². The van der Waals surface area contributed by atoms with Crippen LogP contribution in [0.3, 0.4) is 0 Å². The van der Waals surface area contributed by atoms with E-state index < -0.39 is 0 Å². The predicted octanol–water partition coefficient (Wildman–Crippen LogP) is 4.55. The van der Waals surface area contributed by atoms with Gasteiger partial charge in [0.25, 0.3) is 0 Å². The summed E-state index contributed by atoms with van der Waals surface area (Å²) in [6, 6.07) is 7.06. The fourth-order valence-electron chi connectivity index (χ4n) is 2.56. The van der Waals surface area contributed by atoms with E-state index >= 15 is 0 Å². The summed E-state index contributed by atoms with van der Waals surface area (Å²) in [5, 5.41) is 3.53. The number of likely N-dealkylation sites (N-methyl/N-ethyl adjacent to an activating group) is 1. The normalized spacial score (nSPS) is 12.6. The Morgan fingerprint density at radius 1 is 1.00 bits per heavy atom. The Kier molecular flexibility index (Phi) is 8.56. The molecule has 0 heterocycles. The van der Waals surface area contributed by atoms with Crippen LogP contribution in [0.15, 0.2) is 18.2 Å². The minimum Gasteiger partial charge on any atom is -0.379 e. The molecule has 2 heteroatoms. The highest BCUT2D eigenvalue weighted by Crippen LogP contribution is 2.17. The van der Waals surface area contributed by atoms with Gasteiger partial charge in [-0.2, -0.15) is 0 Å².